The zero-order chi connectivity index (χ0) is 15.9. The second-order valence-electron chi connectivity index (χ2n) is 4.70. The average Bonchev–Trinajstić information content (AvgIpc) is 2.55. The third kappa shape index (κ3) is 3.97. The number of halogens is 1. The fourth-order valence-corrected chi connectivity index (χ4v) is 2.01. The molecule has 2 aromatic rings. The standard InChI is InChI=1S/C17H18FNO3/c1-21-13-5-3-12(4-6-13)9-10-19-17(20)15-8-7-14(22-2)11-16(15)18/h3-8,11H,9-10H2,1-2H3,(H,19,20). The molecule has 116 valence electrons. The fourth-order valence-electron chi connectivity index (χ4n) is 2.01. The maximum atomic E-state index is 13.8. The highest BCUT2D eigenvalue weighted by molar-refractivity contribution is 5.94. The molecule has 0 bridgehead atoms. The predicted octanol–water partition coefficient (Wildman–Crippen LogP) is 2.82. The van der Waals surface area contributed by atoms with Crippen molar-refractivity contribution in [3.8, 4) is 11.5 Å². The Bertz CT molecular complexity index is 641. The van der Waals surface area contributed by atoms with Crippen LogP contribution in [-0.4, -0.2) is 26.7 Å². The van der Waals surface area contributed by atoms with Crippen LogP contribution < -0.4 is 14.8 Å². The molecule has 0 unspecified atom stereocenters. The minimum Gasteiger partial charge on any atom is -0.497 e. The van der Waals surface area contributed by atoms with Crippen LogP contribution >= 0.6 is 0 Å². The average molecular weight is 303 g/mol. The van der Waals surface area contributed by atoms with Gasteiger partial charge in [-0.05, 0) is 36.2 Å². The van der Waals surface area contributed by atoms with Crippen LogP contribution in [0, 0.1) is 5.82 Å². The van der Waals surface area contributed by atoms with E-state index < -0.39 is 11.7 Å². The summed E-state index contributed by atoms with van der Waals surface area (Å²) in [6.07, 6.45) is 0.660. The maximum absolute atomic E-state index is 13.8. The summed E-state index contributed by atoms with van der Waals surface area (Å²) in [6.45, 7) is 0.427. The van der Waals surface area contributed by atoms with Gasteiger partial charge in [0.2, 0.25) is 0 Å². The Labute approximate surface area is 128 Å². The van der Waals surface area contributed by atoms with E-state index in [0.29, 0.717) is 18.7 Å². The monoisotopic (exact) mass is 303 g/mol. The van der Waals surface area contributed by atoms with Gasteiger partial charge < -0.3 is 14.8 Å². The smallest absolute Gasteiger partial charge is 0.254 e. The molecule has 1 N–H and O–H groups in total. The van der Waals surface area contributed by atoms with Gasteiger partial charge in [-0.1, -0.05) is 12.1 Å². The van der Waals surface area contributed by atoms with Crippen LogP contribution in [0.5, 0.6) is 11.5 Å². The number of carbonyl (C=O) groups excluding carboxylic acids is 1. The summed E-state index contributed by atoms with van der Waals surface area (Å²) in [4.78, 5) is 11.9. The molecule has 4 nitrogen and oxygen atoms in total. The highest BCUT2D eigenvalue weighted by atomic mass is 19.1. The van der Waals surface area contributed by atoms with Gasteiger partial charge in [0.15, 0.2) is 0 Å². The lowest BCUT2D eigenvalue weighted by atomic mass is 10.1. The first-order chi connectivity index (χ1) is 10.6. The number of amides is 1. The summed E-state index contributed by atoms with van der Waals surface area (Å²) < 4.78 is 23.8. The van der Waals surface area contributed by atoms with E-state index in [1.165, 1.54) is 19.2 Å². The number of benzene rings is 2. The normalized spacial score (nSPS) is 10.1. The van der Waals surface area contributed by atoms with Gasteiger partial charge in [0.1, 0.15) is 17.3 Å². The topological polar surface area (TPSA) is 47.6 Å². The lowest BCUT2D eigenvalue weighted by Gasteiger charge is -2.08. The van der Waals surface area contributed by atoms with E-state index in [1.54, 1.807) is 13.2 Å². The Morgan fingerprint density at radius 3 is 2.27 bits per heavy atom. The Balaban J connectivity index is 1.89. The zero-order valence-electron chi connectivity index (χ0n) is 12.6. The highest BCUT2D eigenvalue weighted by Crippen LogP contribution is 2.16. The second-order valence-corrected chi connectivity index (χ2v) is 4.70. The lowest BCUT2D eigenvalue weighted by Crippen LogP contribution is -2.26. The summed E-state index contributed by atoms with van der Waals surface area (Å²) in [6, 6.07) is 11.7. The van der Waals surface area contributed by atoms with E-state index in [-0.39, 0.29) is 5.56 Å². The maximum Gasteiger partial charge on any atom is 0.254 e. The first-order valence-electron chi connectivity index (χ1n) is 6.88. The summed E-state index contributed by atoms with van der Waals surface area (Å²) in [7, 11) is 3.06. The highest BCUT2D eigenvalue weighted by Gasteiger charge is 2.11. The van der Waals surface area contributed by atoms with E-state index >= 15 is 0 Å². The summed E-state index contributed by atoms with van der Waals surface area (Å²) in [5.41, 5.74) is 1.08. The first-order valence-corrected chi connectivity index (χ1v) is 6.88. The number of ether oxygens (including phenoxy) is 2. The van der Waals surface area contributed by atoms with E-state index in [1.807, 2.05) is 24.3 Å². The molecule has 0 aliphatic heterocycles. The van der Waals surface area contributed by atoms with E-state index in [2.05, 4.69) is 5.32 Å². The van der Waals surface area contributed by atoms with Crippen LogP contribution in [0.25, 0.3) is 0 Å². The van der Waals surface area contributed by atoms with Gasteiger partial charge in [0, 0.05) is 12.6 Å². The third-order valence-corrected chi connectivity index (χ3v) is 3.28. The Morgan fingerprint density at radius 1 is 1.05 bits per heavy atom. The van der Waals surface area contributed by atoms with Crippen LogP contribution in [-0.2, 0) is 6.42 Å². The minimum atomic E-state index is -0.596. The Kier molecular flexibility index (Phi) is 5.36. The van der Waals surface area contributed by atoms with E-state index in [4.69, 9.17) is 9.47 Å². The van der Waals surface area contributed by atoms with Crippen LogP contribution in [0.1, 0.15) is 15.9 Å². The molecular weight excluding hydrogens is 285 g/mol. The number of nitrogens with one attached hydrogen (secondary N) is 1. The summed E-state index contributed by atoms with van der Waals surface area (Å²) >= 11 is 0. The van der Waals surface area contributed by atoms with E-state index in [0.717, 1.165) is 11.3 Å². The molecule has 0 heterocycles. The quantitative estimate of drug-likeness (QED) is 0.892. The van der Waals surface area contributed by atoms with Crippen molar-refractivity contribution < 1.29 is 18.7 Å². The first kappa shape index (κ1) is 15.8. The molecule has 0 saturated carbocycles. The molecule has 0 radical (unpaired) electrons. The van der Waals surface area contributed by atoms with Crippen molar-refractivity contribution in [1.82, 2.24) is 5.32 Å². The molecule has 0 spiro atoms. The van der Waals surface area contributed by atoms with Crippen molar-refractivity contribution in [3.63, 3.8) is 0 Å². The van der Waals surface area contributed by atoms with Gasteiger partial charge in [-0.3, -0.25) is 4.79 Å². The molecular formula is C17H18FNO3. The Hall–Kier alpha value is -2.56. The number of hydrogen-bond donors (Lipinski definition) is 1. The molecule has 0 aliphatic carbocycles. The van der Waals surface area contributed by atoms with Crippen LogP contribution in [0.15, 0.2) is 42.5 Å². The molecule has 0 atom stereocenters. The lowest BCUT2D eigenvalue weighted by molar-refractivity contribution is 0.0950. The molecule has 22 heavy (non-hydrogen) atoms. The molecule has 0 saturated heterocycles. The predicted molar refractivity (Wildman–Crippen MR) is 82.0 cm³/mol. The van der Waals surface area contributed by atoms with Crippen molar-refractivity contribution in [2.45, 2.75) is 6.42 Å². The number of carbonyl (C=O) groups is 1. The van der Waals surface area contributed by atoms with Crippen molar-refractivity contribution in [2.24, 2.45) is 0 Å². The fraction of sp³-hybridized carbons (Fsp3) is 0.235. The molecule has 2 rings (SSSR count). The van der Waals surface area contributed by atoms with Crippen LogP contribution in [0.2, 0.25) is 0 Å². The van der Waals surface area contributed by atoms with E-state index in [9.17, 15) is 9.18 Å². The van der Waals surface area contributed by atoms with Gasteiger partial charge in [-0.2, -0.15) is 0 Å². The zero-order valence-corrected chi connectivity index (χ0v) is 12.6. The number of hydrogen-bond acceptors (Lipinski definition) is 3. The van der Waals surface area contributed by atoms with Crippen LogP contribution in [0.3, 0.4) is 0 Å². The number of rotatable bonds is 6. The van der Waals surface area contributed by atoms with Crippen molar-refractivity contribution in [2.75, 3.05) is 20.8 Å². The Morgan fingerprint density at radius 2 is 1.68 bits per heavy atom. The SMILES string of the molecule is COc1ccc(CCNC(=O)c2ccc(OC)cc2F)cc1. The van der Waals surface area contributed by atoms with Gasteiger partial charge in [-0.15, -0.1) is 0 Å². The minimum absolute atomic E-state index is 0.00975. The van der Waals surface area contributed by atoms with Gasteiger partial charge in [-0.25, -0.2) is 4.39 Å². The molecule has 2 aromatic carbocycles. The van der Waals surface area contributed by atoms with Crippen LogP contribution in [0.4, 0.5) is 4.39 Å². The summed E-state index contributed by atoms with van der Waals surface area (Å²) in [5, 5.41) is 2.70. The van der Waals surface area contributed by atoms with Crippen molar-refractivity contribution in [3.05, 3.63) is 59.4 Å². The van der Waals surface area contributed by atoms with Gasteiger partial charge >= 0.3 is 0 Å². The van der Waals surface area contributed by atoms with Crippen molar-refractivity contribution >= 4 is 5.91 Å². The molecule has 0 aromatic heterocycles. The third-order valence-electron chi connectivity index (χ3n) is 3.28. The molecule has 0 aliphatic rings. The molecule has 1 amide bonds. The summed E-state index contributed by atoms with van der Waals surface area (Å²) in [5.74, 6) is 0.135. The number of methoxy groups -OCH3 is 2. The van der Waals surface area contributed by atoms with Crippen molar-refractivity contribution in [1.29, 1.82) is 0 Å². The molecule has 5 heteroatoms. The second kappa shape index (κ2) is 7.45. The largest absolute Gasteiger partial charge is 0.497 e. The van der Waals surface area contributed by atoms with Gasteiger partial charge in [0.25, 0.3) is 5.91 Å². The molecule has 0 fully saturated rings. The van der Waals surface area contributed by atoms with Gasteiger partial charge in [0.05, 0.1) is 19.8 Å².